The van der Waals surface area contributed by atoms with Crippen LogP contribution in [0.4, 0.5) is 0 Å². The molecule has 4 aromatic rings. The molecule has 0 radical (unpaired) electrons. The van der Waals surface area contributed by atoms with E-state index in [1.807, 2.05) is 79.7 Å². The third kappa shape index (κ3) is 22.9. The molecule has 0 bridgehead atoms. The standard InChI is InChI=1S/C25H40O2Si.C20H32OSi.C19H30O2Si.C15H18O3/c1-8-24(27-25-11-9-10-17-26-25)23-14-12-22(13-15-23)16-18-28(19(2)3,20(4)5)21(6)7;1-8-20(21)19-11-9-18(10-12-19)13-14-22(15(2)3,16(4)5)17(6)7;1-14(2)22(15(3)4,16(5)6)12-11-17-7-9-18(10-8-17)19(21)13-20;1-2-12-6-8-13(9-7-12)14(11-16)18-15-5-3-4-10-17-15/h12-15,19-21,24-25H,8-11,17H2,1-7H3;9-12,15-17,20-21H,8H2,1-7H3;7-10,14-16,19-21H,13H2,1-6H3;1,6-9,14-16H,3-5,10-11H2/t24-,25?;20-;19-;14-,15?/m1111/s1. The molecule has 0 aromatic heterocycles. The lowest BCUT2D eigenvalue weighted by atomic mass is 10.0. The molecule has 0 spiro atoms. The summed E-state index contributed by atoms with van der Waals surface area (Å²) in [6.07, 6.45) is 11.8. The number of aliphatic hydroxyl groups is 4. The zero-order valence-electron chi connectivity index (χ0n) is 59.4. The SMILES string of the molecule is C#Cc1ccc([C@@H](CO)OC2CCCCO2)cc1.CC(C)[Si](C#Cc1ccc([C@H](O)CO)cc1)(C(C)C)C(C)C.CC[C@@H](O)c1ccc(C#C[Si](C(C)C)(C(C)C)C(C)C)cc1.CC[C@@H](OC1CCCCO1)c1ccc(C#C[Si](C(C)C)(C(C)C)C(C)C)cc1. The van der Waals surface area contributed by atoms with E-state index in [0.29, 0.717) is 49.9 Å². The van der Waals surface area contributed by atoms with Gasteiger partial charge >= 0.3 is 0 Å². The maximum absolute atomic E-state index is 9.87. The van der Waals surface area contributed by atoms with Crippen molar-refractivity contribution in [2.75, 3.05) is 26.4 Å². The molecular weight excluding hydrogens is 1160 g/mol. The Balaban J connectivity index is 0.000000317. The molecule has 2 unspecified atom stereocenters. The van der Waals surface area contributed by atoms with Gasteiger partial charge in [-0.05, 0) is 172 Å². The predicted molar refractivity (Wildman–Crippen MR) is 387 cm³/mol. The Morgan fingerprint density at radius 1 is 0.400 bits per heavy atom. The van der Waals surface area contributed by atoms with Crippen LogP contribution in [0.2, 0.25) is 49.9 Å². The lowest BCUT2D eigenvalue weighted by molar-refractivity contribution is -0.196. The highest BCUT2D eigenvalue weighted by Gasteiger charge is 2.44. The van der Waals surface area contributed by atoms with E-state index in [2.05, 4.69) is 196 Å². The lowest BCUT2D eigenvalue weighted by Gasteiger charge is -2.38. The number of rotatable bonds is 21. The van der Waals surface area contributed by atoms with E-state index in [9.17, 15) is 15.3 Å². The molecule has 90 heavy (non-hydrogen) atoms. The van der Waals surface area contributed by atoms with Crippen molar-refractivity contribution in [2.45, 2.75) is 277 Å². The fourth-order valence-corrected chi connectivity index (χ4v) is 29.7. The Bertz CT molecular complexity index is 2710. The summed E-state index contributed by atoms with van der Waals surface area (Å²) in [4.78, 5) is 0. The Labute approximate surface area is 551 Å². The van der Waals surface area contributed by atoms with Gasteiger partial charge in [0.25, 0.3) is 0 Å². The van der Waals surface area contributed by atoms with Gasteiger partial charge in [-0.25, -0.2) is 0 Å². The van der Waals surface area contributed by atoms with Gasteiger partial charge in [0.1, 0.15) is 36.4 Å². The van der Waals surface area contributed by atoms with Crippen LogP contribution < -0.4 is 0 Å². The summed E-state index contributed by atoms with van der Waals surface area (Å²) in [5, 5.41) is 37.9. The molecule has 0 amide bonds. The smallest absolute Gasteiger partial charge is 0.158 e. The van der Waals surface area contributed by atoms with Crippen LogP contribution in [-0.2, 0) is 18.9 Å². The minimum Gasteiger partial charge on any atom is -0.393 e. The van der Waals surface area contributed by atoms with Crippen LogP contribution >= 0.6 is 0 Å². The van der Waals surface area contributed by atoms with Crippen molar-refractivity contribution < 1.29 is 39.4 Å². The first kappa shape index (κ1) is 79.7. The molecule has 6 atom stereocenters. The van der Waals surface area contributed by atoms with E-state index in [0.717, 1.165) is 97.1 Å². The Morgan fingerprint density at radius 2 is 0.689 bits per heavy atom. The van der Waals surface area contributed by atoms with Crippen LogP contribution in [0.1, 0.15) is 259 Å². The van der Waals surface area contributed by atoms with E-state index in [1.165, 1.54) is 12.0 Å². The van der Waals surface area contributed by atoms with Crippen molar-refractivity contribution in [3.63, 3.8) is 0 Å². The third-order valence-electron chi connectivity index (χ3n) is 19.2. The number of hydrogen-bond donors (Lipinski definition) is 4. The molecular formula is C79H120O8Si3. The number of ether oxygens (including phenoxy) is 4. The van der Waals surface area contributed by atoms with Gasteiger partial charge in [0.2, 0.25) is 0 Å². The van der Waals surface area contributed by atoms with Crippen LogP contribution in [0.3, 0.4) is 0 Å². The van der Waals surface area contributed by atoms with Crippen LogP contribution in [0.15, 0.2) is 97.1 Å². The summed E-state index contributed by atoms with van der Waals surface area (Å²) < 4.78 is 23.3. The van der Waals surface area contributed by atoms with Crippen LogP contribution in [-0.4, -0.2) is 83.7 Å². The molecule has 2 aliphatic rings. The van der Waals surface area contributed by atoms with Gasteiger partial charge in [-0.3, -0.25) is 0 Å². The quantitative estimate of drug-likeness (QED) is 0.0481. The Hall–Kier alpha value is -4.55. The molecule has 4 N–H and O–H groups in total. The average molecular weight is 1280 g/mol. The van der Waals surface area contributed by atoms with E-state index in [-0.39, 0.29) is 44.1 Å². The van der Waals surface area contributed by atoms with E-state index >= 15 is 0 Å². The highest BCUT2D eigenvalue weighted by molar-refractivity contribution is 6.91. The van der Waals surface area contributed by atoms with Crippen LogP contribution in [0, 0.1) is 46.7 Å². The minimum absolute atomic E-state index is 0.0482. The molecule has 2 fully saturated rings. The van der Waals surface area contributed by atoms with Crippen molar-refractivity contribution in [2.24, 2.45) is 0 Å². The van der Waals surface area contributed by atoms with Gasteiger partial charge in [0.05, 0.1) is 25.4 Å². The minimum atomic E-state index is -1.70. The van der Waals surface area contributed by atoms with Gasteiger partial charge < -0.3 is 39.4 Å². The predicted octanol–water partition coefficient (Wildman–Crippen LogP) is 19.5. The molecule has 0 saturated carbocycles. The summed E-state index contributed by atoms with van der Waals surface area (Å²) in [6.45, 7) is 47.4. The maximum atomic E-state index is 9.87. The Kier molecular flexibility index (Phi) is 35.3. The van der Waals surface area contributed by atoms with Crippen molar-refractivity contribution in [3.8, 4) is 46.7 Å². The summed E-state index contributed by atoms with van der Waals surface area (Å²) >= 11 is 0. The molecule has 496 valence electrons. The highest BCUT2D eigenvalue weighted by atomic mass is 28.3. The maximum Gasteiger partial charge on any atom is 0.158 e. The number of terminal acetylenes is 1. The van der Waals surface area contributed by atoms with Crippen LogP contribution in [0.25, 0.3) is 0 Å². The van der Waals surface area contributed by atoms with Crippen molar-refractivity contribution >= 4 is 24.2 Å². The van der Waals surface area contributed by atoms with Crippen molar-refractivity contribution in [1.82, 2.24) is 0 Å². The lowest BCUT2D eigenvalue weighted by Crippen LogP contribution is -2.43. The number of aliphatic hydroxyl groups excluding tert-OH is 4. The van der Waals surface area contributed by atoms with E-state index < -0.39 is 30.3 Å². The molecule has 4 aromatic carbocycles. The molecule has 2 heterocycles. The van der Waals surface area contributed by atoms with Gasteiger partial charge in [-0.15, -0.1) is 23.1 Å². The topological polar surface area (TPSA) is 118 Å². The second-order valence-electron chi connectivity index (χ2n) is 27.6. The summed E-state index contributed by atoms with van der Waals surface area (Å²) in [7, 11) is -5.05. The van der Waals surface area contributed by atoms with Gasteiger partial charge in [-0.2, -0.15) is 0 Å². The molecule has 0 aliphatic carbocycles. The van der Waals surface area contributed by atoms with E-state index in [1.54, 1.807) is 0 Å². The fraction of sp³-hybridized carbons (Fsp3) is 0.595. The first-order valence-electron chi connectivity index (χ1n) is 34.2. The van der Waals surface area contributed by atoms with Gasteiger partial charge in [-0.1, -0.05) is 211 Å². The van der Waals surface area contributed by atoms with Crippen molar-refractivity contribution in [1.29, 1.82) is 0 Å². The largest absolute Gasteiger partial charge is 0.393 e. The summed E-state index contributed by atoms with van der Waals surface area (Å²) in [5.41, 5.74) is 24.9. The Morgan fingerprint density at radius 3 is 0.944 bits per heavy atom. The molecule has 8 nitrogen and oxygen atoms in total. The third-order valence-corrected chi connectivity index (χ3v) is 38.1. The van der Waals surface area contributed by atoms with E-state index in [4.69, 9.17) is 30.5 Å². The molecule has 6 rings (SSSR count). The number of benzene rings is 4. The molecule has 11 heteroatoms. The molecule has 2 aliphatic heterocycles. The second kappa shape index (κ2) is 39.9. The first-order valence-corrected chi connectivity index (χ1v) is 40.9. The summed E-state index contributed by atoms with van der Waals surface area (Å²) in [5.74, 6) is 12.9. The zero-order chi connectivity index (χ0) is 67.4. The van der Waals surface area contributed by atoms with Gasteiger partial charge in [0.15, 0.2) is 12.6 Å². The zero-order valence-corrected chi connectivity index (χ0v) is 62.4. The second-order valence-corrected chi connectivity index (χ2v) is 44.4. The highest BCUT2D eigenvalue weighted by Crippen LogP contribution is 2.43. The first-order chi connectivity index (χ1) is 42.6. The fourth-order valence-electron chi connectivity index (χ4n) is 14.0. The monoisotopic (exact) mass is 1280 g/mol. The van der Waals surface area contributed by atoms with Gasteiger partial charge in [0, 0.05) is 35.5 Å². The van der Waals surface area contributed by atoms with Crippen molar-refractivity contribution in [3.05, 3.63) is 142 Å². The summed E-state index contributed by atoms with van der Waals surface area (Å²) in [6, 6.07) is 31.8. The van der Waals surface area contributed by atoms with Crippen LogP contribution in [0.5, 0.6) is 0 Å². The molecule has 2 saturated heterocycles. The normalized spacial score (nSPS) is 16.7. The number of hydrogen-bond acceptors (Lipinski definition) is 8. The average Bonchev–Trinajstić information content (AvgIpc) is 1.08.